The summed E-state index contributed by atoms with van der Waals surface area (Å²) in [5, 5.41) is 0. The number of ketones is 1. The average Bonchev–Trinajstić information content (AvgIpc) is 2.88. The summed E-state index contributed by atoms with van der Waals surface area (Å²) in [5.41, 5.74) is 3.53. The second kappa shape index (κ2) is 8.17. The standard InChI is InChI=1S/C20H28O/c1-3-4-5-6-8-13-18-14-15-19(21)20(18)16(2)17-11-9-7-10-12-17/h7,9-12,18H,3-6,8,13-15H2,1-2H3/b20-16-. The lowest BCUT2D eigenvalue weighted by molar-refractivity contribution is -0.114. The van der Waals surface area contributed by atoms with E-state index in [1.165, 1.54) is 49.7 Å². The molecule has 1 unspecified atom stereocenters. The minimum absolute atomic E-state index is 0.384. The molecule has 1 aliphatic carbocycles. The molecule has 1 aliphatic rings. The van der Waals surface area contributed by atoms with Crippen LogP contribution >= 0.6 is 0 Å². The van der Waals surface area contributed by atoms with Gasteiger partial charge in [-0.3, -0.25) is 4.79 Å². The Balaban J connectivity index is 2.03. The monoisotopic (exact) mass is 284 g/mol. The van der Waals surface area contributed by atoms with Gasteiger partial charge in [0.2, 0.25) is 0 Å². The molecule has 0 saturated heterocycles. The van der Waals surface area contributed by atoms with Gasteiger partial charge in [0.15, 0.2) is 5.78 Å². The highest BCUT2D eigenvalue weighted by Crippen LogP contribution is 2.37. The van der Waals surface area contributed by atoms with Gasteiger partial charge in [-0.05, 0) is 36.8 Å². The van der Waals surface area contributed by atoms with E-state index in [-0.39, 0.29) is 0 Å². The van der Waals surface area contributed by atoms with Crippen LogP contribution in [0.25, 0.3) is 5.57 Å². The van der Waals surface area contributed by atoms with Crippen molar-refractivity contribution in [3.05, 3.63) is 41.5 Å². The Kier molecular flexibility index (Phi) is 6.22. The van der Waals surface area contributed by atoms with Gasteiger partial charge in [-0.25, -0.2) is 0 Å². The van der Waals surface area contributed by atoms with Crippen molar-refractivity contribution in [2.75, 3.05) is 0 Å². The topological polar surface area (TPSA) is 17.1 Å². The van der Waals surface area contributed by atoms with E-state index in [4.69, 9.17) is 0 Å². The van der Waals surface area contributed by atoms with E-state index in [2.05, 4.69) is 38.1 Å². The molecular weight excluding hydrogens is 256 g/mol. The fourth-order valence-corrected chi connectivity index (χ4v) is 3.45. The van der Waals surface area contributed by atoms with Gasteiger partial charge >= 0.3 is 0 Å². The highest BCUT2D eigenvalue weighted by atomic mass is 16.1. The van der Waals surface area contributed by atoms with Gasteiger partial charge < -0.3 is 0 Å². The van der Waals surface area contributed by atoms with E-state index in [0.29, 0.717) is 11.7 Å². The third-order valence-corrected chi connectivity index (χ3v) is 4.70. The Hall–Kier alpha value is -1.37. The molecule has 1 nitrogen and oxygen atoms in total. The largest absolute Gasteiger partial charge is 0.295 e. The van der Waals surface area contributed by atoms with Crippen molar-refractivity contribution in [1.29, 1.82) is 0 Å². The predicted molar refractivity (Wildman–Crippen MR) is 90.1 cm³/mol. The van der Waals surface area contributed by atoms with Crippen LogP contribution in [0, 0.1) is 5.92 Å². The quantitative estimate of drug-likeness (QED) is 0.457. The summed E-state index contributed by atoms with van der Waals surface area (Å²) in [6.07, 6.45) is 9.56. The molecule has 114 valence electrons. The molecule has 0 radical (unpaired) electrons. The molecule has 21 heavy (non-hydrogen) atoms. The zero-order chi connectivity index (χ0) is 15.1. The number of benzene rings is 1. The highest BCUT2D eigenvalue weighted by molar-refractivity contribution is 6.04. The van der Waals surface area contributed by atoms with Crippen molar-refractivity contribution in [1.82, 2.24) is 0 Å². The van der Waals surface area contributed by atoms with Crippen LogP contribution in [-0.4, -0.2) is 5.78 Å². The number of carbonyl (C=O) groups is 1. The summed E-state index contributed by atoms with van der Waals surface area (Å²) in [6, 6.07) is 10.4. The molecule has 0 aliphatic heterocycles. The van der Waals surface area contributed by atoms with E-state index in [1.807, 2.05) is 6.07 Å². The molecule has 0 N–H and O–H groups in total. The number of unbranched alkanes of at least 4 members (excludes halogenated alkanes) is 4. The van der Waals surface area contributed by atoms with E-state index in [0.717, 1.165) is 18.4 Å². The van der Waals surface area contributed by atoms with Crippen LogP contribution in [0.15, 0.2) is 35.9 Å². The van der Waals surface area contributed by atoms with Crippen molar-refractivity contribution in [3.63, 3.8) is 0 Å². The van der Waals surface area contributed by atoms with Gasteiger partial charge in [0, 0.05) is 12.0 Å². The Morgan fingerprint density at radius 2 is 1.81 bits per heavy atom. The second-order valence-corrected chi connectivity index (χ2v) is 6.27. The molecule has 2 rings (SSSR count). The molecule has 0 amide bonds. The van der Waals surface area contributed by atoms with Gasteiger partial charge in [-0.2, -0.15) is 0 Å². The van der Waals surface area contributed by atoms with Crippen molar-refractivity contribution < 1.29 is 4.79 Å². The number of hydrogen-bond donors (Lipinski definition) is 0. The molecule has 1 fully saturated rings. The van der Waals surface area contributed by atoms with Crippen molar-refractivity contribution in [2.45, 2.75) is 65.2 Å². The summed E-state index contributed by atoms with van der Waals surface area (Å²) in [7, 11) is 0. The molecule has 0 heterocycles. The van der Waals surface area contributed by atoms with Gasteiger partial charge in [-0.1, -0.05) is 69.4 Å². The van der Waals surface area contributed by atoms with Crippen molar-refractivity contribution in [2.24, 2.45) is 5.92 Å². The summed E-state index contributed by atoms with van der Waals surface area (Å²) < 4.78 is 0. The van der Waals surface area contributed by atoms with Gasteiger partial charge in [0.25, 0.3) is 0 Å². The average molecular weight is 284 g/mol. The van der Waals surface area contributed by atoms with Crippen LogP contribution in [0.5, 0.6) is 0 Å². The maximum atomic E-state index is 12.3. The summed E-state index contributed by atoms with van der Waals surface area (Å²) in [5.74, 6) is 0.884. The Morgan fingerprint density at radius 3 is 2.52 bits per heavy atom. The Labute approximate surface area is 129 Å². The molecule has 1 saturated carbocycles. The third-order valence-electron chi connectivity index (χ3n) is 4.70. The van der Waals surface area contributed by atoms with Crippen LogP contribution in [0.4, 0.5) is 0 Å². The first-order valence-electron chi connectivity index (χ1n) is 8.53. The highest BCUT2D eigenvalue weighted by Gasteiger charge is 2.29. The van der Waals surface area contributed by atoms with Crippen LogP contribution in [0.2, 0.25) is 0 Å². The molecule has 1 atom stereocenters. The molecule has 0 aromatic heterocycles. The molecular formula is C20H28O. The van der Waals surface area contributed by atoms with E-state index >= 15 is 0 Å². The van der Waals surface area contributed by atoms with Crippen LogP contribution in [-0.2, 0) is 4.79 Å². The molecule has 1 aromatic carbocycles. The smallest absolute Gasteiger partial charge is 0.159 e. The van der Waals surface area contributed by atoms with Gasteiger partial charge in [-0.15, -0.1) is 0 Å². The van der Waals surface area contributed by atoms with Gasteiger partial charge in [0.1, 0.15) is 0 Å². The Bertz CT molecular complexity index is 484. The zero-order valence-electron chi connectivity index (χ0n) is 13.5. The normalized spacial score (nSPS) is 20.9. The van der Waals surface area contributed by atoms with Crippen molar-refractivity contribution >= 4 is 11.4 Å². The lowest BCUT2D eigenvalue weighted by Gasteiger charge is -2.14. The number of allylic oxidation sites excluding steroid dienone is 2. The molecule has 1 heteroatoms. The SMILES string of the molecule is CCCCCCCC1CCC(=O)/C1=C(/C)c1ccccc1. The number of hydrogen-bond acceptors (Lipinski definition) is 1. The minimum atomic E-state index is 0.384. The summed E-state index contributed by atoms with van der Waals surface area (Å²) in [4.78, 5) is 12.3. The van der Waals surface area contributed by atoms with Gasteiger partial charge in [0.05, 0.1) is 0 Å². The number of carbonyl (C=O) groups excluding carboxylic acids is 1. The number of Topliss-reactive ketones (excluding diaryl/α,β-unsaturated/α-hetero) is 1. The molecule has 1 aromatic rings. The molecule has 0 spiro atoms. The minimum Gasteiger partial charge on any atom is -0.295 e. The van der Waals surface area contributed by atoms with Crippen molar-refractivity contribution in [3.8, 4) is 0 Å². The summed E-state index contributed by atoms with van der Waals surface area (Å²) >= 11 is 0. The fraction of sp³-hybridized carbons (Fsp3) is 0.550. The van der Waals surface area contributed by atoms with E-state index in [1.54, 1.807) is 0 Å². The first-order chi connectivity index (χ1) is 10.2. The zero-order valence-corrected chi connectivity index (χ0v) is 13.5. The van der Waals surface area contributed by atoms with E-state index in [9.17, 15) is 4.79 Å². The predicted octanol–water partition coefficient (Wildman–Crippen LogP) is 5.80. The van der Waals surface area contributed by atoms with Crippen LogP contribution in [0.1, 0.15) is 70.8 Å². The maximum absolute atomic E-state index is 12.3. The Morgan fingerprint density at radius 1 is 1.10 bits per heavy atom. The second-order valence-electron chi connectivity index (χ2n) is 6.27. The van der Waals surface area contributed by atoms with Crippen LogP contribution in [0.3, 0.4) is 0 Å². The fourth-order valence-electron chi connectivity index (χ4n) is 3.45. The molecule has 0 bridgehead atoms. The lowest BCUT2D eigenvalue weighted by Crippen LogP contribution is -2.04. The lowest BCUT2D eigenvalue weighted by atomic mass is 9.89. The first kappa shape index (κ1) is 16.0. The van der Waals surface area contributed by atoms with E-state index < -0.39 is 0 Å². The third kappa shape index (κ3) is 4.30. The number of rotatable bonds is 7. The maximum Gasteiger partial charge on any atom is 0.159 e. The van der Waals surface area contributed by atoms with Crippen LogP contribution < -0.4 is 0 Å². The first-order valence-corrected chi connectivity index (χ1v) is 8.53. The summed E-state index contributed by atoms with van der Waals surface area (Å²) in [6.45, 7) is 4.37.